The van der Waals surface area contributed by atoms with E-state index in [0.717, 1.165) is 31.3 Å². The van der Waals surface area contributed by atoms with Crippen molar-refractivity contribution in [2.45, 2.75) is 52.2 Å². The van der Waals surface area contributed by atoms with Gasteiger partial charge in [-0.1, -0.05) is 12.1 Å². The molecule has 7 nitrogen and oxygen atoms in total. The number of halogens is 1. The van der Waals surface area contributed by atoms with Crippen LogP contribution in [0.2, 0.25) is 0 Å². The predicted octanol–water partition coefficient (Wildman–Crippen LogP) is 3.35. The van der Waals surface area contributed by atoms with Crippen LogP contribution in [0, 0.1) is 0 Å². The zero-order valence-corrected chi connectivity index (χ0v) is 21.0. The van der Waals surface area contributed by atoms with Crippen molar-refractivity contribution < 1.29 is 14.3 Å². The van der Waals surface area contributed by atoms with Crippen molar-refractivity contribution in [1.82, 2.24) is 15.5 Å². The Balaban J connectivity index is 0.00000450. The molecule has 2 rings (SSSR count). The molecule has 0 aliphatic carbocycles. The van der Waals surface area contributed by atoms with Crippen LogP contribution >= 0.6 is 24.0 Å². The first-order valence-corrected chi connectivity index (χ1v) is 10.6. The number of aliphatic imine (C=N–C) groups is 1. The summed E-state index contributed by atoms with van der Waals surface area (Å²) in [6, 6.07) is 8.49. The van der Waals surface area contributed by atoms with Crippen LogP contribution < -0.4 is 15.4 Å². The van der Waals surface area contributed by atoms with E-state index in [1.54, 1.807) is 7.11 Å². The average Bonchev–Trinajstić information content (AvgIpc) is 3.22. The van der Waals surface area contributed by atoms with Crippen LogP contribution in [0.3, 0.4) is 0 Å². The van der Waals surface area contributed by atoms with Crippen LogP contribution in [-0.4, -0.2) is 62.8 Å². The van der Waals surface area contributed by atoms with E-state index >= 15 is 0 Å². The van der Waals surface area contributed by atoms with Gasteiger partial charge in [0.05, 0.1) is 32.2 Å². The Kier molecular flexibility index (Phi) is 12.8. The number of methoxy groups -OCH3 is 1. The highest BCUT2D eigenvalue weighted by atomic mass is 127. The molecule has 8 heteroatoms. The SMILES string of the molecule is CCNC(=NCC(c1ccc(OC)cc1)N1CCCC1)NCCC(=O)OC(C)C.I. The number of rotatable bonds is 10. The summed E-state index contributed by atoms with van der Waals surface area (Å²) in [4.78, 5) is 19.0. The molecule has 0 amide bonds. The van der Waals surface area contributed by atoms with E-state index in [-0.39, 0.29) is 42.1 Å². The van der Waals surface area contributed by atoms with Crippen molar-refractivity contribution in [3.8, 4) is 5.75 Å². The Bertz CT molecular complexity index is 646. The number of guanidine groups is 1. The van der Waals surface area contributed by atoms with Gasteiger partial charge in [-0.3, -0.25) is 14.7 Å². The quantitative estimate of drug-likeness (QED) is 0.209. The largest absolute Gasteiger partial charge is 0.497 e. The summed E-state index contributed by atoms with van der Waals surface area (Å²) in [7, 11) is 1.68. The van der Waals surface area contributed by atoms with Gasteiger partial charge in [0.1, 0.15) is 5.75 Å². The van der Waals surface area contributed by atoms with E-state index in [2.05, 4.69) is 27.7 Å². The second-order valence-corrected chi connectivity index (χ2v) is 7.47. The van der Waals surface area contributed by atoms with Gasteiger partial charge < -0.3 is 20.1 Å². The summed E-state index contributed by atoms with van der Waals surface area (Å²) in [6.07, 6.45) is 2.69. The highest BCUT2D eigenvalue weighted by molar-refractivity contribution is 14.0. The van der Waals surface area contributed by atoms with Gasteiger partial charge >= 0.3 is 5.97 Å². The zero-order valence-electron chi connectivity index (χ0n) is 18.6. The fourth-order valence-electron chi connectivity index (χ4n) is 3.44. The van der Waals surface area contributed by atoms with Crippen molar-refractivity contribution >= 4 is 35.9 Å². The van der Waals surface area contributed by atoms with Crippen LogP contribution in [0.15, 0.2) is 29.3 Å². The first-order valence-electron chi connectivity index (χ1n) is 10.6. The van der Waals surface area contributed by atoms with E-state index in [9.17, 15) is 4.79 Å². The minimum absolute atomic E-state index is 0. The standard InChI is InChI=1S/C22H36N4O3.HI/c1-5-23-22(24-13-12-21(27)29-17(2)3)25-16-20(26-14-6-7-15-26)18-8-10-19(28-4)11-9-18;/h8-11,17,20H,5-7,12-16H2,1-4H3,(H2,23,24,25);1H. The average molecular weight is 532 g/mol. The van der Waals surface area contributed by atoms with Crippen LogP contribution in [0.1, 0.15) is 51.6 Å². The number of nitrogens with one attached hydrogen (secondary N) is 2. The Morgan fingerprint density at radius 2 is 1.83 bits per heavy atom. The van der Waals surface area contributed by atoms with Gasteiger partial charge in [-0.05, 0) is 64.4 Å². The van der Waals surface area contributed by atoms with Gasteiger partial charge in [0.2, 0.25) is 0 Å². The molecule has 1 atom stereocenters. The van der Waals surface area contributed by atoms with E-state index in [1.807, 2.05) is 32.9 Å². The van der Waals surface area contributed by atoms with Crippen LogP contribution in [0.5, 0.6) is 5.75 Å². The summed E-state index contributed by atoms with van der Waals surface area (Å²) in [5.74, 6) is 1.39. The molecule has 1 aliphatic heterocycles. The number of benzene rings is 1. The lowest BCUT2D eigenvalue weighted by Gasteiger charge is -2.27. The molecule has 1 unspecified atom stereocenters. The maximum absolute atomic E-state index is 11.7. The highest BCUT2D eigenvalue weighted by Gasteiger charge is 2.23. The Morgan fingerprint density at radius 1 is 1.17 bits per heavy atom. The van der Waals surface area contributed by atoms with Gasteiger partial charge in [0, 0.05) is 13.1 Å². The van der Waals surface area contributed by atoms with Gasteiger partial charge in [-0.2, -0.15) is 0 Å². The first kappa shape index (κ1) is 26.5. The number of carbonyl (C=O) groups is 1. The van der Waals surface area contributed by atoms with Crippen molar-refractivity contribution in [1.29, 1.82) is 0 Å². The number of likely N-dealkylation sites (tertiary alicyclic amines) is 1. The third kappa shape index (κ3) is 9.07. The van der Waals surface area contributed by atoms with Crippen molar-refractivity contribution in [2.24, 2.45) is 4.99 Å². The summed E-state index contributed by atoms with van der Waals surface area (Å²) >= 11 is 0. The topological polar surface area (TPSA) is 75.2 Å². The zero-order chi connectivity index (χ0) is 21.1. The van der Waals surface area contributed by atoms with Gasteiger partial charge in [0.25, 0.3) is 0 Å². The molecule has 1 fully saturated rings. The Morgan fingerprint density at radius 3 is 2.40 bits per heavy atom. The fourth-order valence-corrected chi connectivity index (χ4v) is 3.44. The molecule has 0 bridgehead atoms. The molecule has 1 aliphatic rings. The number of hydrogen-bond acceptors (Lipinski definition) is 5. The van der Waals surface area contributed by atoms with Crippen molar-refractivity contribution in [3.63, 3.8) is 0 Å². The van der Waals surface area contributed by atoms with Crippen LogP contribution in [0.25, 0.3) is 0 Å². The van der Waals surface area contributed by atoms with Crippen LogP contribution in [0.4, 0.5) is 0 Å². The minimum atomic E-state index is -0.198. The molecule has 1 saturated heterocycles. The number of ether oxygens (including phenoxy) is 2. The normalized spacial score (nSPS) is 15.4. The van der Waals surface area contributed by atoms with Crippen molar-refractivity contribution in [2.75, 3.05) is 39.8 Å². The molecule has 1 heterocycles. The van der Waals surface area contributed by atoms with E-state index < -0.39 is 0 Å². The third-order valence-corrected chi connectivity index (χ3v) is 4.84. The summed E-state index contributed by atoms with van der Waals surface area (Å²) < 4.78 is 10.5. The summed E-state index contributed by atoms with van der Waals surface area (Å²) in [5, 5.41) is 6.50. The fraction of sp³-hybridized carbons (Fsp3) is 0.636. The number of esters is 1. The van der Waals surface area contributed by atoms with Gasteiger partial charge in [-0.15, -0.1) is 24.0 Å². The molecule has 0 spiro atoms. The maximum Gasteiger partial charge on any atom is 0.307 e. The van der Waals surface area contributed by atoms with E-state index in [4.69, 9.17) is 14.5 Å². The number of carbonyl (C=O) groups excluding carboxylic acids is 1. The van der Waals surface area contributed by atoms with Gasteiger partial charge in [-0.25, -0.2) is 0 Å². The van der Waals surface area contributed by atoms with E-state index in [1.165, 1.54) is 18.4 Å². The molecule has 1 aromatic carbocycles. The number of hydrogen-bond donors (Lipinski definition) is 2. The second-order valence-electron chi connectivity index (χ2n) is 7.47. The molecule has 0 aromatic heterocycles. The van der Waals surface area contributed by atoms with Gasteiger partial charge in [0.15, 0.2) is 5.96 Å². The molecule has 0 saturated carbocycles. The second kappa shape index (κ2) is 14.5. The number of nitrogens with zero attached hydrogens (tertiary/aromatic N) is 2. The van der Waals surface area contributed by atoms with E-state index in [0.29, 0.717) is 19.5 Å². The first-order chi connectivity index (χ1) is 14.0. The van der Waals surface area contributed by atoms with Crippen molar-refractivity contribution in [3.05, 3.63) is 29.8 Å². The lowest BCUT2D eigenvalue weighted by Crippen LogP contribution is -2.39. The molecule has 2 N–H and O–H groups in total. The minimum Gasteiger partial charge on any atom is -0.497 e. The molecule has 1 aromatic rings. The smallest absolute Gasteiger partial charge is 0.307 e. The maximum atomic E-state index is 11.7. The predicted molar refractivity (Wildman–Crippen MR) is 132 cm³/mol. The highest BCUT2D eigenvalue weighted by Crippen LogP contribution is 2.27. The molecule has 0 radical (unpaired) electrons. The Labute approximate surface area is 198 Å². The Hall–Kier alpha value is -1.55. The summed E-state index contributed by atoms with van der Waals surface area (Å²) in [5.41, 5.74) is 1.24. The monoisotopic (exact) mass is 532 g/mol. The third-order valence-electron chi connectivity index (χ3n) is 4.84. The van der Waals surface area contributed by atoms with Crippen LogP contribution in [-0.2, 0) is 9.53 Å². The lowest BCUT2D eigenvalue weighted by molar-refractivity contribution is -0.147. The summed E-state index contributed by atoms with van der Waals surface area (Å²) in [6.45, 7) is 9.84. The lowest BCUT2D eigenvalue weighted by atomic mass is 10.1. The molecule has 30 heavy (non-hydrogen) atoms. The molecular weight excluding hydrogens is 495 g/mol. The molecule has 170 valence electrons. The molecular formula is C22H37IN4O3.